The van der Waals surface area contributed by atoms with E-state index >= 15 is 0 Å². The molecule has 0 spiro atoms. The van der Waals surface area contributed by atoms with Gasteiger partial charge < -0.3 is 0 Å². The highest BCUT2D eigenvalue weighted by Gasteiger charge is 1.97. The van der Waals surface area contributed by atoms with E-state index in [1.165, 1.54) is 16.7 Å². The third-order valence-corrected chi connectivity index (χ3v) is 1.82. The van der Waals surface area contributed by atoms with E-state index in [0.717, 1.165) is 0 Å². The lowest BCUT2D eigenvalue weighted by Gasteiger charge is -2.04. The summed E-state index contributed by atoms with van der Waals surface area (Å²) < 4.78 is 0. The number of rotatable bonds is 1. The SMILES string of the molecule is Cc1cccc(C)c1C[NH]. The van der Waals surface area contributed by atoms with Gasteiger partial charge in [-0.05, 0) is 30.5 Å². The summed E-state index contributed by atoms with van der Waals surface area (Å²) >= 11 is 0. The van der Waals surface area contributed by atoms with Crippen LogP contribution in [0.1, 0.15) is 16.7 Å². The lowest BCUT2D eigenvalue weighted by molar-refractivity contribution is 0.992. The maximum atomic E-state index is 7.23. The van der Waals surface area contributed by atoms with Crippen LogP contribution in [0, 0.1) is 13.8 Å². The van der Waals surface area contributed by atoms with Crippen molar-refractivity contribution in [1.29, 1.82) is 0 Å². The number of hydrogen-bond acceptors (Lipinski definition) is 0. The molecule has 0 heterocycles. The van der Waals surface area contributed by atoms with Gasteiger partial charge in [0.15, 0.2) is 0 Å². The van der Waals surface area contributed by atoms with Crippen molar-refractivity contribution >= 4 is 0 Å². The van der Waals surface area contributed by atoms with E-state index < -0.39 is 0 Å². The summed E-state index contributed by atoms with van der Waals surface area (Å²) in [5, 5.41) is 0. The zero-order valence-corrected chi connectivity index (χ0v) is 6.44. The summed E-state index contributed by atoms with van der Waals surface area (Å²) in [7, 11) is 0. The Hall–Kier alpha value is -0.820. The van der Waals surface area contributed by atoms with Crippen LogP contribution >= 0.6 is 0 Å². The molecule has 10 heavy (non-hydrogen) atoms. The number of aryl methyl sites for hydroxylation is 2. The highest BCUT2D eigenvalue weighted by Crippen LogP contribution is 2.11. The number of hydrogen-bond donors (Lipinski definition) is 0. The molecule has 1 rings (SSSR count). The molecular weight excluding hydrogens is 122 g/mol. The van der Waals surface area contributed by atoms with Gasteiger partial charge in [0.05, 0.1) is 0 Å². The molecule has 0 amide bonds. The second kappa shape index (κ2) is 2.84. The summed E-state index contributed by atoms with van der Waals surface area (Å²) in [5.74, 6) is 0. The van der Waals surface area contributed by atoms with Gasteiger partial charge in [-0.2, -0.15) is 0 Å². The Kier molecular flexibility index (Phi) is 2.07. The summed E-state index contributed by atoms with van der Waals surface area (Å²) in [6, 6.07) is 6.14. The second-order valence-corrected chi connectivity index (χ2v) is 2.55. The quantitative estimate of drug-likeness (QED) is 0.561. The average molecular weight is 134 g/mol. The van der Waals surface area contributed by atoms with Crippen molar-refractivity contribution < 1.29 is 0 Å². The summed E-state index contributed by atoms with van der Waals surface area (Å²) in [5.41, 5.74) is 10.9. The first-order valence-electron chi connectivity index (χ1n) is 3.45. The lowest BCUT2D eigenvalue weighted by atomic mass is 10.0. The van der Waals surface area contributed by atoms with Crippen molar-refractivity contribution in [2.24, 2.45) is 0 Å². The maximum Gasteiger partial charge on any atom is 0.0356 e. The summed E-state index contributed by atoms with van der Waals surface area (Å²) in [6.07, 6.45) is 0. The van der Waals surface area contributed by atoms with Gasteiger partial charge in [0, 0.05) is 6.54 Å². The van der Waals surface area contributed by atoms with Crippen LogP contribution in [0.4, 0.5) is 0 Å². The van der Waals surface area contributed by atoms with E-state index in [2.05, 4.69) is 26.0 Å². The molecule has 0 aliphatic heterocycles. The molecule has 1 nitrogen and oxygen atoms in total. The van der Waals surface area contributed by atoms with Crippen LogP contribution in [0.25, 0.3) is 0 Å². The predicted octanol–water partition coefficient (Wildman–Crippen LogP) is 2.09. The van der Waals surface area contributed by atoms with Crippen LogP contribution in [-0.4, -0.2) is 0 Å². The Morgan fingerprint density at radius 2 is 1.70 bits per heavy atom. The first-order chi connectivity index (χ1) is 4.75. The molecule has 0 bridgehead atoms. The van der Waals surface area contributed by atoms with Crippen LogP contribution in [-0.2, 0) is 6.54 Å². The molecular formula is C9H12N. The molecule has 0 atom stereocenters. The van der Waals surface area contributed by atoms with Crippen molar-refractivity contribution in [3.05, 3.63) is 34.9 Å². The van der Waals surface area contributed by atoms with Crippen LogP contribution < -0.4 is 5.73 Å². The van der Waals surface area contributed by atoms with Gasteiger partial charge in [-0.3, -0.25) is 5.73 Å². The van der Waals surface area contributed by atoms with E-state index in [-0.39, 0.29) is 0 Å². The Morgan fingerprint density at radius 3 is 2.00 bits per heavy atom. The van der Waals surface area contributed by atoms with Crippen molar-refractivity contribution in [2.75, 3.05) is 0 Å². The second-order valence-electron chi connectivity index (χ2n) is 2.55. The molecule has 0 saturated carbocycles. The van der Waals surface area contributed by atoms with Crippen molar-refractivity contribution in [2.45, 2.75) is 20.4 Å². The Morgan fingerprint density at radius 1 is 1.20 bits per heavy atom. The van der Waals surface area contributed by atoms with Crippen LogP contribution in [0.5, 0.6) is 0 Å². The molecule has 0 saturated heterocycles. The molecule has 1 N–H and O–H groups in total. The van der Waals surface area contributed by atoms with Gasteiger partial charge in [0.2, 0.25) is 0 Å². The Bertz CT molecular complexity index is 208. The molecule has 0 aromatic heterocycles. The fourth-order valence-electron chi connectivity index (χ4n) is 1.13. The fourth-order valence-corrected chi connectivity index (χ4v) is 1.13. The predicted molar refractivity (Wildman–Crippen MR) is 42.7 cm³/mol. The number of benzene rings is 1. The zero-order valence-electron chi connectivity index (χ0n) is 6.44. The Balaban J connectivity index is 3.17. The summed E-state index contributed by atoms with van der Waals surface area (Å²) in [6.45, 7) is 4.51. The minimum absolute atomic E-state index is 0.401. The first-order valence-corrected chi connectivity index (χ1v) is 3.45. The first kappa shape index (κ1) is 7.29. The van der Waals surface area contributed by atoms with Crippen LogP contribution in [0.15, 0.2) is 18.2 Å². The number of nitrogens with one attached hydrogen (secondary N) is 1. The third kappa shape index (κ3) is 1.19. The maximum absolute atomic E-state index is 7.23. The average Bonchev–Trinajstić information content (AvgIpc) is 1.88. The van der Waals surface area contributed by atoms with Gasteiger partial charge in [0.1, 0.15) is 0 Å². The highest BCUT2D eigenvalue weighted by molar-refractivity contribution is 5.32. The largest absolute Gasteiger partial charge is 0.253 e. The molecule has 1 aromatic rings. The minimum atomic E-state index is 0.401. The van der Waals surface area contributed by atoms with Gasteiger partial charge in [-0.25, -0.2) is 0 Å². The molecule has 0 aliphatic rings. The van der Waals surface area contributed by atoms with Gasteiger partial charge in [-0.1, -0.05) is 18.2 Å². The van der Waals surface area contributed by atoms with E-state index in [1.807, 2.05) is 6.07 Å². The molecule has 0 unspecified atom stereocenters. The van der Waals surface area contributed by atoms with Crippen molar-refractivity contribution in [3.8, 4) is 0 Å². The standard InChI is InChI=1S/C9H12N/c1-7-4-3-5-8(2)9(7)6-10/h3-5,10H,6H2,1-2H3. The van der Waals surface area contributed by atoms with E-state index in [4.69, 9.17) is 5.73 Å². The molecule has 0 aliphatic carbocycles. The molecule has 1 heteroatoms. The lowest BCUT2D eigenvalue weighted by Crippen LogP contribution is -1.92. The fraction of sp³-hybridized carbons (Fsp3) is 0.333. The molecule has 53 valence electrons. The van der Waals surface area contributed by atoms with E-state index in [1.54, 1.807) is 0 Å². The van der Waals surface area contributed by atoms with Crippen molar-refractivity contribution in [3.63, 3.8) is 0 Å². The monoisotopic (exact) mass is 134 g/mol. The van der Waals surface area contributed by atoms with Crippen molar-refractivity contribution in [1.82, 2.24) is 5.73 Å². The van der Waals surface area contributed by atoms with Crippen LogP contribution in [0.2, 0.25) is 0 Å². The normalized spacial score (nSPS) is 9.90. The van der Waals surface area contributed by atoms with Gasteiger partial charge >= 0.3 is 0 Å². The van der Waals surface area contributed by atoms with Crippen LogP contribution in [0.3, 0.4) is 0 Å². The van der Waals surface area contributed by atoms with E-state index in [0.29, 0.717) is 6.54 Å². The molecule has 1 radical (unpaired) electrons. The van der Waals surface area contributed by atoms with E-state index in [9.17, 15) is 0 Å². The third-order valence-electron chi connectivity index (χ3n) is 1.82. The van der Waals surface area contributed by atoms with Gasteiger partial charge in [0.25, 0.3) is 0 Å². The van der Waals surface area contributed by atoms with Gasteiger partial charge in [-0.15, -0.1) is 0 Å². The topological polar surface area (TPSA) is 23.8 Å². The molecule has 0 fully saturated rings. The minimum Gasteiger partial charge on any atom is -0.253 e. The summed E-state index contributed by atoms with van der Waals surface area (Å²) in [4.78, 5) is 0. The smallest absolute Gasteiger partial charge is 0.0356 e. The zero-order chi connectivity index (χ0) is 7.56. The Labute approximate surface area is 61.9 Å². The highest BCUT2D eigenvalue weighted by atomic mass is 14.5. The molecule has 1 aromatic carbocycles.